The van der Waals surface area contributed by atoms with Crippen LogP contribution in [0.25, 0.3) is 0 Å². The zero-order valence-electron chi connectivity index (χ0n) is 10.6. The Morgan fingerprint density at radius 2 is 1.27 bits per heavy atom. The van der Waals surface area contributed by atoms with E-state index in [2.05, 4.69) is 20.9 Å². The van der Waals surface area contributed by atoms with Crippen LogP contribution in [0.4, 0.5) is 0 Å². The van der Waals surface area contributed by atoms with E-state index >= 15 is 0 Å². The Morgan fingerprint density at radius 1 is 0.867 bits per heavy atom. The van der Waals surface area contributed by atoms with Crippen LogP contribution in [0.15, 0.2) is 0 Å². The Balaban J connectivity index is 0. The Kier molecular flexibility index (Phi) is 13.5. The first-order valence-corrected chi connectivity index (χ1v) is 6.61. The minimum Gasteiger partial charge on any atom is -1.00 e. The van der Waals surface area contributed by atoms with Crippen LogP contribution in [-0.4, -0.2) is 37.0 Å². The average molecular weight is 301 g/mol. The standard InChI is InChI=1S/C12H27ClN.BrH/c1-4-6-10-14(3,11-7-5-2)12-8-9-13;/h4-12H2,1-3H3;1H/q+1;/p-1. The van der Waals surface area contributed by atoms with Gasteiger partial charge in [0.05, 0.1) is 26.7 Å². The van der Waals surface area contributed by atoms with Gasteiger partial charge in [0, 0.05) is 12.3 Å². The molecule has 0 saturated heterocycles. The zero-order chi connectivity index (χ0) is 10.9. The lowest BCUT2D eigenvalue weighted by molar-refractivity contribution is -0.910. The topological polar surface area (TPSA) is 0 Å². The predicted octanol–water partition coefficient (Wildman–Crippen LogP) is 0.666. The fraction of sp³-hybridized carbons (Fsp3) is 1.00. The fourth-order valence-electron chi connectivity index (χ4n) is 1.86. The summed E-state index contributed by atoms with van der Waals surface area (Å²) in [7, 11) is 2.39. The third-order valence-electron chi connectivity index (χ3n) is 2.93. The molecule has 0 amide bonds. The highest BCUT2D eigenvalue weighted by Gasteiger charge is 2.18. The molecule has 0 aromatic carbocycles. The lowest BCUT2D eigenvalue weighted by atomic mass is 10.2. The molecular weight excluding hydrogens is 273 g/mol. The van der Waals surface area contributed by atoms with Gasteiger partial charge in [-0.15, -0.1) is 11.6 Å². The minimum atomic E-state index is 0. The van der Waals surface area contributed by atoms with Crippen molar-refractivity contribution in [2.75, 3.05) is 32.6 Å². The molecule has 0 atom stereocenters. The summed E-state index contributed by atoms with van der Waals surface area (Å²) in [6.07, 6.45) is 6.47. The molecule has 0 unspecified atom stereocenters. The van der Waals surface area contributed by atoms with Gasteiger partial charge in [0.25, 0.3) is 0 Å². The molecule has 15 heavy (non-hydrogen) atoms. The molecule has 0 saturated carbocycles. The quantitative estimate of drug-likeness (QED) is 0.434. The van der Waals surface area contributed by atoms with Crippen LogP contribution in [0.3, 0.4) is 0 Å². The number of quaternary nitrogens is 1. The summed E-state index contributed by atoms with van der Waals surface area (Å²) >= 11 is 5.77. The first kappa shape index (κ1) is 18.1. The van der Waals surface area contributed by atoms with Crippen molar-refractivity contribution >= 4 is 11.6 Å². The maximum atomic E-state index is 5.77. The molecule has 0 bridgehead atoms. The Hall–Kier alpha value is 0.730. The molecule has 0 fully saturated rings. The molecule has 0 aliphatic heterocycles. The summed E-state index contributed by atoms with van der Waals surface area (Å²) in [6.45, 7) is 8.45. The lowest BCUT2D eigenvalue weighted by Gasteiger charge is -2.34. The molecule has 0 aliphatic carbocycles. The van der Waals surface area contributed by atoms with Crippen LogP contribution in [-0.2, 0) is 0 Å². The molecule has 0 aliphatic rings. The van der Waals surface area contributed by atoms with Gasteiger partial charge in [0.2, 0.25) is 0 Å². The number of hydrogen-bond donors (Lipinski definition) is 0. The maximum Gasteiger partial charge on any atom is 0.0796 e. The average Bonchev–Trinajstić information content (AvgIpc) is 2.21. The van der Waals surface area contributed by atoms with Gasteiger partial charge in [-0.05, 0) is 12.8 Å². The second-order valence-corrected chi connectivity index (χ2v) is 4.92. The lowest BCUT2D eigenvalue weighted by Crippen LogP contribution is -3.00. The van der Waals surface area contributed by atoms with Gasteiger partial charge in [0.15, 0.2) is 0 Å². The second-order valence-electron chi connectivity index (χ2n) is 4.54. The minimum absolute atomic E-state index is 0. The van der Waals surface area contributed by atoms with Gasteiger partial charge in [0.1, 0.15) is 0 Å². The molecule has 0 radical (unpaired) electrons. The van der Waals surface area contributed by atoms with E-state index in [1.165, 1.54) is 49.8 Å². The van der Waals surface area contributed by atoms with Gasteiger partial charge < -0.3 is 21.5 Å². The van der Waals surface area contributed by atoms with Gasteiger partial charge in [-0.1, -0.05) is 26.7 Å². The van der Waals surface area contributed by atoms with Crippen LogP contribution in [0.2, 0.25) is 0 Å². The Morgan fingerprint density at radius 3 is 1.60 bits per heavy atom. The number of alkyl halides is 1. The van der Waals surface area contributed by atoms with Crippen LogP contribution in [0.5, 0.6) is 0 Å². The van der Waals surface area contributed by atoms with Crippen LogP contribution in [0, 0.1) is 0 Å². The van der Waals surface area contributed by atoms with Gasteiger partial charge in [-0.25, -0.2) is 0 Å². The molecule has 0 N–H and O–H groups in total. The van der Waals surface area contributed by atoms with Crippen molar-refractivity contribution in [1.29, 1.82) is 0 Å². The van der Waals surface area contributed by atoms with Crippen molar-refractivity contribution < 1.29 is 21.5 Å². The van der Waals surface area contributed by atoms with Crippen molar-refractivity contribution in [2.24, 2.45) is 0 Å². The summed E-state index contributed by atoms with van der Waals surface area (Å²) in [6, 6.07) is 0. The number of unbranched alkanes of at least 4 members (excludes halogenated alkanes) is 2. The predicted molar refractivity (Wildman–Crippen MR) is 65.9 cm³/mol. The molecule has 0 spiro atoms. The summed E-state index contributed by atoms with van der Waals surface area (Å²) in [5.74, 6) is 0.812. The van der Waals surface area contributed by atoms with E-state index in [4.69, 9.17) is 11.6 Å². The summed E-state index contributed by atoms with van der Waals surface area (Å²) in [4.78, 5) is 0. The molecule has 0 rings (SSSR count). The molecular formula is C12H27BrClN. The summed E-state index contributed by atoms with van der Waals surface area (Å²) in [5, 5.41) is 0. The van der Waals surface area contributed by atoms with E-state index in [9.17, 15) is 0 Å². The van der Waals surface area contributed by atoms with Crippen molar-refractivity contribution in [1.82, 2.24) is 0 Å². The van der Waals surface area contributed by atoms with E-state index in [0.29, 0.717) is 0 Å². The number of hydrogen-bond acceptors (Lipinski definition) is 0. The van der Waals surface area contributed by atoms with E-state index in [0.717, 1.165) is 12.3 Å². The summed E-state index contributed by atoms with van der Waals surface area (Å²) < 4.78 is 1.23. The third-order valence-corrected chi connectivity index (χ3v) is 3.20. The van der Waals surface area contributed by atoms with Crippen molar-refractivity contribution in [3.05, 3.63) is 0 Å². The van der Waals surface area contributed by atoms with E-state index in [-0.39, 0.29) is 17.0 Å². The molecule has 94 valence electrons. The number of halogens is 2. The smallest absolute Gasteiger partial charge is 0.0796 e. The highest BCUT2D eigenvalue weighted by atomic mass is 79.9. The van der Waals surface area contributed by atoms with Crippen LogP contribution in [0.1, 0.15) is 46.0 Å². The van der Waals surface area contributed by atoms with E-state index < -0.39 is 0 Å². The maximum absolute atomic E-state index is 5.77. The SMILES string of the molecule is CCCC[N+](C)(CCCC)CCCCl.[Br-]. The first-order chi connectivity index (χ1) is 6.68. The van der Waals surface area contributed by atoms with Crippen molar-refractivity contribution in [3.63, 3.8) is 0 Å². The van der Waals surface area contributed by atoms with Gasteiger partial charge in [-0.3, -0.25) is 0 Å². The third kappa shape index (κ3) is 9.65. The molecule has 0 aromatic heterocycles. The van der Waals surface area contributed by atoms with Gasteiger partial charge in [-0.2, -0.15) is 0 Å². The van der Waals surface area contributed by atoms with Crippen molar-refractivity contribution in [3.8, 4) is 0 Å². The second kappa shape index (κ2) is 11.2. The van der Waals surface area contributed by atoms with Crippen LogP contribution >= 0.6 is 11.6 Å². The van der Waals surface area contributed by atoms with Gasteiger partial charge >= 0.3 is 0 Å². The van der Waals surface area contributed by atoms with E-state index in [1.54, 1.807) is 0 Å². The molecule has 1 nitrogen and oxygen atoms in total. The highest BCUT2D eigenvalue weighted by Crippen LogP contribution is 2.10. The van der Waals surface area contributed by atoms with Crippen molar-refractivity contribution in [2.45, 2.75) is 46.0 Å². The Bertz CT molecular complexity index is 109. The molecule has 0 aromatic rings. The highest BCUT2D eigenvalue weighted by molar-refractivity contribution is 6.17. The number of rotatable bonds is 9. The number of nitrogens with zero attached hydrogens (tertiary/aromatic N) is 1. The summed E-state index contributed by atoms with van der Waals surface area (Å²) in [5.41, 5.74) is 0. The Labute approximate surface area is 112 Å². The molecule has 0 heterocycles. The monoisotopic (exact) mass is 299 g/mol. The largest absolute Gasteiger partial charge is 1.00 e. The fourth-order valence-corrected chi connectivity index (χ4v) is 1.98. The van der Waals surface area contributed by atoms with E-state index in [1.807, 2.05) is 0 Å². The normalized spacial score (nSPS) is 11.2. The van der Waals surface area contributed by atoms with Crippen LogP contribution < -0.4 is 17.0 Å². The zero-order valence-corrected chi connectivity index (χ0v) is 12.9. The molecule has 3 heteroatoms. The first-order valence-electron chi connectivity index (χ1n) is 6.08.